The van der Waals surface area contributed by atoms with Gasteiger partial charge in [0.25, 0.3) is 11.5 Å². The molecule has 1 aliphatic heterocycles. The van der Waals surface area contributed by atoms with Crippen LogP contribution in [0.5, 0.6) is 11.5 Å². The van der Waals surface area contributed by atoms with Crippen LogP contribution in [0.3, 0.4) is 0 Å². The molecule has 1 amide bonds. The number of nitrogens with one attached hydrogen (secondary N) is 1. The Morgan fingerprint density at radius 3 is 2.51 bits per heavy atom. The number of rotatable bonds is 10. The third-order valence-corrected chi connectivity index (χ3v) is 10.2. The summed E-state index contributed by atoms with van der Waals surface area (Å²) in [6.45, 7) is 0.779. The molecule has 0 radical (unpaired) electrons. The van der Waals surface area contributed by atoms with Crippen LogP contribution < -0.4 is 20.3 Å². The minimum absolute atomic E-state index is 0.0320. The lowest BCUT2D eigenvalue weighted by Gasteiger charge is -2.21. The molecule has 53 heavy (non-hydrogen) atoms. The predicted molar refractivity (Wildman–Crippen MR) is 197 cm³/mol. The van der Waals surface area contributed by atoms with Gasteiger partial charge < -0.3 is 14.8 Å². The SMILES string of the molecule is COc1ccc(/C=C2/CCn3c2nc2cc(C(=O)NC(c4cccc(S(C)(=O)=O)c4)c4ccc(F)cc4F)ccc2c3=O)cc1OCc1ccccc1. The number of aromatic nitrogens is 2. The molecule has 5 aromatic carbocycles. The van der Waals surface area contributed by atoms with Crippen LogP contribution in [0.2, 0.25) is 0 Å². The van der Waals surface area contributed by atoms with Crippen molar-refractivity contribution in [3.63, 3.8) is 0 Å². The number of allylic oxidation sites excluding steroid dienone is 1. The zero-order valence-corrected chi connectivity index (χ0v) is 29.5. The Labute approximate surface area is 304 Å². The largest absolute Gasteiger partial charge is 0.493 e. The molecular weight excluding hydrogens is 701 g/mol. The molecule has 6 aromatic rings. The maximum Gasteiger partial charge on any atom is 0.261 e. The molecule has 2 heterocycles. The van der Waals surface area contributed by atoms with Crippen LogP contribution in [0.1, 0.15) is 50.9 Å². The number of hydrogen-bond donors (Lipinski definition) is 1. The molecule has 1 unspecified atom stereocenters. The maximum atomic E-state index is 15.1. The van der Waals surface area contributed by atoms with E-state index in [0.717, 1.165) is 29.0 Å². The first-order valence-electron chi connectivity index (χ1n) is 16.6. The number of hydrogen-bond acceptors (Lipinski definition) is 7. The Balaban J connectivity index is 1.21. The number of fused-ring (bicyclic) bond motifs is 2. The fourth-order valence-electron chi connectivity index (χ4n) is 6.34. The summed E-state index contributed by atoms with van der Waals surface area (Å²) < 4.78 is 66.9. The van der Waals surface area contributed by atoms with E-state index in [1.54, 1.807) is 17.7 Å². The van der Waals surface area contributed by atoms with Gasteiger partial charge >= 0.3 is 0 Å². The third-order valence-electron chi connectivity index (χ3n) is 9.04. The van der Waals surface area contributed by atoms with Crippen LogP contribution in [0.25, 0.3) is 22.6 Å². The Bertz CT molecular complexity index is 2590. The first-order chi connectivity index (χ1) is 25.5. The molecule has 1 aliphatic rings. The molecule has 0 saturated heterocycles. The predicted octanol–water partition coefficient (Wildman–Crippen LogP) is 7.13. The van der Waals surface area contributed by atoms with E-state index >= 15 is 4.39 Å². The zero-order chi connectivity index (χ0) is 37.3. The van der Waals surface area contributed by atoms with Crippen molar-refractivity contribution < 1.29 is 31.5 Å². The van der Waals surface area contributed by atoms with Gasteiger partial charge in [0.1, 0.15) is 24.1 Å². The van der Waals surface area contributed by atoms with Crippen molar-refractivity contribution in [1.29, 1.82) is 0 Å². The van der Waals surface area contributed by atoms with Gasteiger partial charge in [-0.2, -0.15) is 0 Å². The lowest BCUT2D eigenvalue weighted by atomic mass is 9.97. The van der Waals surface area contributed by atoms with Crippen molar-refractivity contribution in [2.45, 2.75) is 30.5 Å². The monoisotopic (exact) mass is 733 g/mol. The second-order valence-electron chi connectivity index (χ2n) is 12.6. The van der Waals surface area contributed by atoms with Crippen molar-refractivity contribution in [3.05, 3.63) is 165 Å². The van der Waals surface area contributed by atoms with Gasteiger partial charge in [-0.3, -0.25) is 14.2 Å². The Hall–Kier alpha value is -6.14. The second-order valence-corrected chi connectivity index (χ2v) is 14.7. The highest BCUT2D eigenvalue weighted by molar-refractivity contribution is 7.90. The fourth-order valence-corrected chi connectivity index (χ4v) is 7.02. The topological polar surface area (TPSA) is 117 Å². The molecule has 268 valence electrons. The first-order valence-corrected chi connectivity index (χ1v) is 18.5. The quantitative estimate of drug-likeness (QED) is 0.159. The Kier molecular flexibility index (Phi) is 9.63. The number of carbonyl (C=O) groups is 1. The number of ether oxygens (including phenoxy) is 2. The van der Waals surface area contributed by atoms with Crippen LogP contribution >= 0.6 is 0 Å². The summed E-state index contributed by atoms with van der Waals surface area (Å²) in [5.74, 6) is -0.775. The Morgan fingerprint density at radius 1 is 0.943 bits per heavy atom. The van der Waals surface area contributed by atoms with Crippen LogP contribution in [-0.4, -0.2) is 37.2 Å². The van der Waals surface area contributed by atoms with Crippen LogP contribution in [0, 0.1) is 11.6 Å². The number of amides is 1. The minimum Gasteiger partial charge on any atom is -0.493 e. The number of carbonyl (C=O) groups excluding carboxylic acids is 1. The van der Waals surface area contributed by atoms with Crippen LogP contribution in [0.4, 0.5) is 8.78 Å². The van der Waals surface area contributed by atoms with Gasteiger partial charge in [-0.25, -0.2) is 22.2 Å². The van der Waals surface area contributed by atoms with E-state index in [4.69, 9.17) is 14.5 Å². The van der Waals surface area contributed by atoms with Crippen molar-refractivity contribution in [1.82, 2.24) is 14.9 Å². The molecule has 9 nitrogen and oxygen atoms in total. The van der Waals surface area contributed by atoms with Crippen molar-refractivity contribution in [3.8, 4) is 11.5 Å². The molecule has 12 heteroatoms. The van der Waals surface area contributed by atoms with E-state index in [2.05, 4.69) is 5.32 Å². The van der Waals surface area contributed by atoms with E-state index in [9.17, 15) is 22.4 Å². The maximum absolute atomic E-state index is 15.1. The van der Waals surface area contributed by atoms with E-state index < -0.39 is 33.4 Å². The summed E-state index contributed by atoms with van der Waals surface area (Å²) in [6, 6.07) is 27.3. The second kappa shape index (κ2) is 14.5. The highest BCUT2D eigenvalue weighted by Gasteiger charge is 2.25. The number of sulfone groups is 1. The highest BCUT2D eigenvalue weighted by atomic mass is 32.2. The molecule has 0 saturated carbocycles. The van der Waals surface area contributed by atoms with E-state index in [1.165, 1.54) is 42.5 Å². The summed E-state index contributed by atoms with van der Waals surface area (Å²) in [4.78, 5) is 32.2. The number of methoxy groups -OCH3 is 1. The Morgan fingerprint density at radius 2 is 1.75 bits per heavy atom. The summed E-state index contributed by atoms with van der Waals surface area (Å²) in [7, 11) is -2.06. The molecule has 1 aromatic heterocycles. The van der Waals surface area contributed by atoms with Crippen molar-refractivity contribution in [2.75, 3.05) is 13.4 Å². The molecule has 7 rings (SSSR count). The fraction of sp³-hybridized carbons (Fsp3) is 0.146. The van der Waals surface area contributed by atoms with Crippen molar-refractivity contribution in [2.24, 2.45) is 0 Å². The van der Waals surface area contributed by atoms with Gasteiger partial charge in [-0.05, 0) is 83.3 Å². The van der Waals surface area contributed by atoms with E-state index in [-0.39, 0.29) is 32.7 Å². The third kappa shape index (κ3) is 7.44. The molecule has 1 N–H and O–H groups in total. The smallest absolute Gasteiger partial charge is 0.261 e. The van der Waals surface area contributed by atoms with Gasteiger partial charge in [0, 0.05) is 30.0 Å². The molecule has 0 aliphatic carbocycles. The summed E-state index contributed by atoms with van der Waals surface area (Å²) in [5, 5.41) is 3.09. The zero-order valence-electron chi connectivity index (χ0n) is 28.7. The average molecular weight is 734 g/mol. The van der Waals surface area contributed by atoms with Crippen molar-refractivity contribution >= 4 is 38.3 Å². The van der Waals surface area contributed by atoms with Gasteiger partial charge in [-0.15, -0.1) is 0 Å². The summed E-state index contributed by atoms with van der Waals surface area (Å²) >= 11 is 0. The lowest BCUT2D eigenvalue weighted by Crippen LogP contribution is -2.30. The van der Waals surface area contributed by atoms with E-state index in [0.29, 0.717) is 48.3 Å². The van der Waals surface area contributed by atoms with Gasteiger partial charge in [0.2, 0.25) is 0 Å². The van der Waals surface area contributed by atoms with Crippen LogP contribution in [-0.2, 0) is 23.0 Å². The standard InChI is InChI=1S/C41H33F2N3O6S/c1-51-36-16-11-26(20-37(36)52-24-25-7-4-3-5-8-25)19-28-17-18-46-39(28)44-35-22-29(12-14-33(35)41(46)48)40(47)45-38(32-15-13-30(42)23-34(32)43)27-9-6-10-31(21-27)53(2,49)50/h3-16,19-23,38H,17-18,24H2,1-2H3,(H,45,47)/b28-19-. The molecule has 1 atom stereocenters. The molecule has 0 spiro atoms. The summed E-state index contributed by atoms with van der Waals surface area (Å²) in [6.07, 6.45) is 3.53. The van der Waals surface area contributed by atoms with Gasteiger partial charge in [0.05, 0.1) is 29.0 Å². The lowest BCUT2D eigenvalue weighted by molar-refractivity contribution is 0.0942. The number of halogens is 2. The first kappa shape index (κ1) is 35.3. The van der Waals surface area contributed by atoms with Crippen LogP contribution in [0.15, 0.2) is 119 Å². The normalized spacial score (nSPS) is 13.8. The number of nitrogens with zero attached hydrogens (tertiary/aromatic N) is 2. The molecule has 0 bridgehead atoms. The minimum atomic E-state index is -3.64. The van der Waals surface area contributed by atoms with E-state index in [1.807, 2.05) is 54.6 Å². The highest BCUT2D eigenvalue weighted by Crippen LogP contribution is 2.33. The molecule has 0 fully saturated rings. The average Bonchev–Trinajstić information content (AvgIpc) is 3.55. The number of benzene rings is 5. The molecular formula is C41H33F2N3O6S. The summed E-state index contributed by atoms with van der Waals surface area (Å²) in [5.41, 5.74) is 2.99. The van der Waals surface area contributed by atoms with Gasteiger partial charge in [-0.1, -0.05) is 54.6 Å². The van der Waals surface area contributed by atoms with Gasteiger partial charge in [0.15, 0.2) is 21.3 Å².